The zero-order valence-corrected chi connectivity index (χ0v) is 25.6. The molecule has 3 heterocycles. The van der Waals surface area contributed by atoms with Crippen LogP contribution in [0, 0.1) is 0 Å². The van der Waals surface area contributed by atoms with E-state index >= 15 is 0 Å². The summed E-state index contributed by atoms with van der Waals surface area (Å²) in [7, 11) is -0.885. The smallest absolute Gasteiger partial charge is 0.464 e. The summed E-state index contributed by atoms with van der Waals surface area (Å²) in [4.78, 5) is 0. The number of benzene rings is 3. The molecule has 0 aliphatic carbocycles. The van der Waals surface area contributed by atoms with E-state index in [2.05, 4.69) is 0 Å². The zero-order valence-electron chi connectivity index (χ0n) is 25.6. The van der Waals surface area contributed by atoms with Gasteiger partial charge in [-0.15, -0.1) is 0 Å². The van der Waals surface area contributed by atoms with Crippen molar-refractivity contribution in [2.75, 3.05) is 0 Å². The van der Waals surface area contributed by atoms with Gasteiger partial charge in [-0.05, 0) is 115 Å². The Morgan fingerprint density at radius 2 is 0.976 bits per heavy atom. The maximum absolute atomic E-state index is 6.43. The highest BCUT2D eigenvalue weighted by atomic mass is 16.7. The second-order valence-corrected chi connectivity index (χ2v) is 13.1. The van der Waals surface area contributed by atoms with E-state index in [4.69, 9.17) is 32.5 Å². The molecule has 0 N–H and O–H groups in total. The summed E-state index contributed by atoms with van der Waals surface area (Å²) in [6, 6.07) is 23.3. The molecular formula is C33H38B2O7. The molecule has 0 atom stereocenters. The highest BCUT2D eigenvalue weighted by Gasteiger charge is 2.52. The van der Waals surface area contributed by atoms with Gasteiger partial charge in [0.15, 0.2) is 0 Å². The first-order chi connectivity index (χ1) is 19.7. The molecule has 2 fully saturated rings. The average molecular weight is 568 g/mol. The van der Waals surface area contributed by atoms with Crippen LogP contribution in [0.2, 0.25) is 0 Å². The van der Waals surface area contributed by atoms with Crippen molar-refractivity contribution in [2.45, 2.75) is 84.1 Å². The summed E-state index contributed by atoms with van der Waals surface area (Å²) < 4.78 is 43.2. The van der Waals surface area contributed by atoms with Crippen LogP contribution >= 0.6 is 0 Å². The molecule has 0 unspecified atom stereocenters. The quantitative estimate of drug-likeness (QED) is 0.195. The Kier molecular flexibility index (Phi) is 7.01. The lowest BCUT2D eigenvalue weighted by molar-refractivity contribution is 0.00394. The molecule has 0 spiro atoms. The fourth-order valence-corrected chi connectivity index (χ4v) is 4.90. The molecule has 0 bridgehead atoms. The van der Waals surface area contributed by atoms with Crippen molar-refractivity contribution in [1.29, 1.82) is 0 Å². The predicted molar refractivity (Wildman–Crippen MR) is 165 cm³/mol. The molecule has 0 radical (unpaired) electrons. The van der Waals surface area contributed by atoms with Gasteiger partial charge in [0.1, 0.15) is 17.1 Å². The normalized spacial score (nSPS) is 20.4. The van der Waals surface area contributed by atoms with Gasteiger partial charge in [-0.2, -0.15) is 0 Å². The highest BCUT2D eigenvalue weighted by molar-refractivity contribution is 6.62. The number of fused-ring (bicyclic) bond motifs is 1. The monoisotopic (exact) mass is 568 g/mol. The summed E-state index contributed by atoms with van der Waals surface area (Å²) in [5.41, 5.74) is 1.88. The Balaban J connectivity index is 1.22. The van der Waals surface area contributed by atoms with Crippen molar-refractivity contribution < 1.29 is 32.5 Å². The van der Waals surface area contributed by atoms with Crippen LogP contribution in [-0.4, -0.2) is 36.6 Å². The molecule has 1 aromatic heterocycles. The van der Waals surface area contributed by atoms with E-state index < -0.39 is 42.9 Å². The number of furan rings is 1. The average Bonchev–Trinajstić information content (AvgIpc) is 3.55. The predicted octanol–water partition coefficient (Wildman–Crippen LogP) is 6.19. The van der Waals surface area contributed by atoms with E-state index in [1.54, 1.807) is 6.26 Å². The van der Waals surface area contributed by atoms with Crippen molar-refractivity contribution >= 4 is 36.1 Å². The van der Waals surface area contributed by atoms with E-state index in [1.165, 1.54) is 0 Å². The van der Waals surface area contributed by atoms with Gasteiger partial charge in [-0.25, -0.2) is 0 Å². The van der Waals surface area contributed by atoms with E-state index in [0.717, 1.165) is 27.5 Å². The third-order valence-electron chi connectivity index (χ3n) is 9.05. The third kappa shape index (κ3) is 5.35. The Labute approximate surface area is 248 Å². The van der Waals surface area contributed by atoms with Crippen molar-refractivity contribution in [2.24, 2.45) is 0 Å². The summed E-state index contributed by atoms with van der Waals surface area (Å²) in [5, 5.41) is 0.969. The summed E-state index contributed by atoms with van der Waals surface area (Å²) in [6.07, 6.45) is 0.961. The van der Waals surface area contributed by atoms with Crippen molar-refractivity contribution in [3.8, 4) is 11.5 Å². The van der Waals surface area contributed by atoms with Gasteiger partial charge in [-0.3, -0.25) is 0 Å². The zero-order chi connectivity index (χ0) is 29.9. The van der Waals surface area contributed by atoms with Crippen LogP contribution in [0.15, 0.2) is 83.5 Å². The fourth-order valence-electron chi connectivity index (χ4n) is 4.90. The SMILES string of the molecule is CC1(C)OB(c2ccc(OC(Oc3ccc(B4OC(C)(C)C(C)(C)O4)cc3)c3ccc4occc4c3)cc2)OC1(C)C. The number of hydrogen-bond donors (Lipinski definition) is 0. The van der Waals surface area contributed by atoms with E-state index in [1.807, 2.05) is 128 Å². The molecule has 7 nitrogen and oxygen atoms in total. The molecule has 218 valence electrons. The third-order valence-corrected chi connectivity index (χ3v) is 9.05. The Bertz CT molecular complexity index is 1440. The van der Waals surface area contributed by atoms with Crippen LogP contribution in [0.3, 0.4) is 0 Å². The van der Waals surface area contributed by atoms with E-state index in [9.17, 15) is 0 Å². The van der Waals surface area contributed by atoms with Crippen molar-refractivity contribution in [1.82, 2.24) is 0 Å². The van der Waals surface area contributed by atoms with Crippen LogP contribution in [0.4, 0.5) is 0 Å². The van der Waals surface area contributed by atoms with Crippen LogP contribution < -0.4 is 20.4 Å². The van der Waals surface area contributed by atoms with Crippen molar-refractivity contribution in [3.63, 3.8) is 0 Å². The van der Waals surface area contributed by atoms with E-state index in [0.29, 0.717) is 11.5 Å². The van der Waals surface area contributed by atoms with Gasteiger partial charge in [0.05, 0.1) is 28.7 Å². The number of rotatable bonds is 7. The molecule has 2 saturated heterocycles. The molecule has 9 heteroatoms. The van der Waals surface area contributed by atoms with Gasteiger partial charge in [0.25, 0.3) is 6.29 Å². The first-order valence-electron chi connectivity index (χ1n) is 14.4. The molecule has 42 heavy (non-hydrogen) atoms. The molecule has 2 aliphatic heterocycles. The molecule has 3 aromatic carbocycles. The second kappa shape index (κ2) is 10.2. The molecule has 0 saturated carbocycles. The van der Waals surface area contributed by atoms with Gasteiger partial charge in [0, 0.05) is 10.9 Å². The molecule has 2 aliphatic rings. The van der Waals surface area contributed by atoms with E-state index in [-0.39, 0.29) is 0 Å². The Morgan fingerprint density at radius 1 is 0.548 bits per heavy atom. The lowest BCUT2D eigenvalue weighted by Gasteiger charge is -2.32. The topological polar surface area (TPSA) is 68.5 Å². The number of hydrogen-bond acceptors (Lipinski definition) is 7. The molecule has 4 aromatic rings. The minimum atomic E-state index is -0.713. The minimum Gasteiger partial charge on any atom is -0.464 e. The Morgan fingerprint density at radius 3 is 1.40 bits per heavy atom. The van der Waals surface area contributed by atoms with Crippen LogP contribution in [0.5, 0.6) is 11.5 Å². The second-order valence-electron chi connectivity index (χ2n) is 13.1. The van der Waals surface area contributed by atoms with Gasteiger partial charge in [-0.1, -0.05) is 24.3 Å². The standard InChI is InChI=1S/C33H38B2O7/c1-30(2)31(3,4)40-34(39-30)24-10-14-26(15-11-24)37-29(23-9-18-28-22(21-23)19-20-36-28)38-27-16-12-25(13-17-27)35-41-32(5,6)33(7,8)42-35/h9-21,29H,1-8H3. The van der Waals surface area contributed by atoms with Gasteiger partial charge >= 0.3 is 14.2 Å². The summed E-state index contributed by atoms with van der Waals surface area (Å²) in [5.74, 6) is 1.31. The minimum absolute atomic E-state index is 0.407. The summed E-state index contributed by atoms with van der Waals surface area (Å²) >= 11 is 0. The molecular weight excluding hydrogens is 530 g/mol. The first kappa shape index (κ1) is 28.9. The molecule has 6 rings (SSSR count). The van der Waals surface area contributed by atoms with Crippen LogP contribution in [-0.2, 0) is 18.6 Å². The van der Waals surface area contributed by atoms with Crippen LogP contribution in [0.1, 0.15) is 67.2 Å². The fraction of sp³-hybridized carbons (Fsp3) is 0.394. The lowest BCUT2D eigenvalue weighted by Crippen LogP contribution is -2.41. The van der Waals surface area contributed by atoms with Gasteiger partial charge < -0.3 is 32.5 Å². The van der Waals surface area contributed by atoms with Gasteiger partial charge in [0.2, 0.25) is 0 Å². The summed E-state index contributed by atoms with van der Waals surface area (Å²) in [6.45, 7) is 16.4. The largest absolute Gasteiger partial charge is 0.494 e. The van der Waals surface area contributed by atoms with Crippen LogP contribution in [0.25, 0.3) is 11.0 Å². The first-order valence-corrected chi connectivity index (χ1v) is 14.4. The lowest BCUT2D eigenvalue weighted by atomic mass is 9.79. The molecule has 0 amide bonds. The number of ether oxygens (including phenoxy) is 2. The Hall–Kier alpha value is -3.23. The van der Waals surface area contributed by atoms with Crippen molar-refractivity contribution in [3.05, 3.63) is 84.6 Å². The highest BCUT2D eigenvalue weighted by Crippen LogP contribution is 2.38. The maximum Gasteiger partial charge on any atom is 0.494 e. The maximum atomic E-state index is 6.43.